The molecule has 0 aromatic carbocycles. The van der Waals surface area contributed by atoms with Crippen LogP contribution in [0.25, 0.3) is 0 Å². The molecule has 0 aliphatic carbocycles. The molecule has 0 bridgehead atoms. The van der Waals surface area contributed by atoms with Gasteiger partial charge in [-0.15, -0.1) is 0 Å². The summed E-state index contributed by atoms with van der Waals surface area (Å²) in [6.07, 6.45) is 6.57. The first-order chi connectivity index (χ1) is 10.1. The van der Waals surface area contributed by atoms with Gasteiger partial charge in [-0.25, -0.2) is 13.6 Å². The summed E-state index contributed by atoms with van der Waals surface area (Å²) in [4.78, 5) is 10.2. The molecule has 2 nitrogen and oxygen atoms in total. The number of hydrogen-bond donors (Lipinski definition) is 1. The Morgan fingerprint density at radius 1 is 0.762 bits per heavy atom. The Hall–Kier alpha value is -0.740. The molecule has 0 heterocycles. The van der Waals surface area contributed by atoms with Crippen LogP contribution < -0.4 is 0 Å². The topological polar surface area (TPSA) is 37.3 Å². The minimum Gasteiger partial charge on any atom is -0.479 e. The first-order valence-corrected chi connectivity index (χ1v) is 8.16. The summed E-state index contributed by atoms with van der Waals surface area (Å²) in [5, 5.41) is 8.31. The Balaban J connectivity index is 3.20. The van der Waals surface area contributed by atoms with E-state index in [1.165, 1.54) is 12.8 Å². The molecule has 5 heteroatoms. The standard InChI is InChI=1S/C16H29F3O2/c17-13-11-9-7-5-3-1-2-4-6-8-10-12-14(18)15(19)16(20)21/h14-15H,1-13H2,(H,20,21). The molecule has 2 atom stereocenters. The number of carboxylic acids is 1. The Kier molecular flexibility index (Phi) is 13.7. The normalized spacial score (nSPS) is 14.0. The first kappa shape index (κ1) is 20.3. The van der Waals surface area contributed by atoms with Gasteiger partial charge in [0.25, 0.3) is 0 Å². The highest BCUT2D eigenvalue weighted by molar-refractivity contribution is 5.72. The van der Waals surface area contributed by atoms with E-state index in [0.717, 1.165) is 44.9 Å². The van der Waals surface area contributed by atoms with Gasteiger partial charge < -0.3 is 5.11 Å². The minimum atomic E-state index is -2.39. The van der Waals surface area contributed by atoms with Crippen molar-refractivity contribution in [2.24, 2.45) is 0 Å². The van der Waals surface area contributed by atoms with Crippen molar-refractivity contribution in [3.63, 3.8) is 0 Å². The molecule has 0 aromatic heterocycles. The lowest BCUT2D eigenvalue weighted by atomic mass is 10.0. The molecule has 1 N–H and O–H groups in total. The van der Waals surface area contributed by atoms with Gasteiger partial charge in [0.1, 0.15) is 6.17 Å². The highest BCUT2D eigenvalue weighted by Gasteiger charge is 2.26. The van der Waals surface area contributed by atoms with Gasteiger partial charge in [-0.3, -0.25) is 4.39 Å². The highest BCUT2D eigenvalue weighted by atomic mass is 19.2. The molecule has 0 aliphatic heterocycles. The highest BCUT2D eigenvalue weighted by Crippen LogP contribution is 2.16. The summed E-state index contributed by atoms with van der Waals surface area (Å²) in [7, 11) is 0. The number of hydrogen-bond acceptors (Lipinski definition) is 1. The third-order valence-electron chi connectivity index (χ3n) is 3.67. The molecule has 0 aromatic rings. The van der Waals surface area contributed by atoms with Gasteiger partial charge in [0.2, 0.25) is 6.17 Å². The monoisotopic (exact) mass is 310 g/mol. The van der Waals surface area contributed by atoms with Crippen LogP contribution in [-0.2, 0) is 4.79 Å². The fourth-order valence-electron chi connectivity index (χ4n) is 2.33. The van der Waals surface area contributed by atoms with Crippen LogP contribution in [0.3, 0.4) is 0 Å². The Bertz CT molecular complexity index is 250. The van der Waals surface area contributed by atoms with E-state index in [4.69, 9.17) is 5.11 Å². The van der Waals surface area contributed by atoms with Gasteiger partial charge >= 0.3 is 5.97 Å². The number of aliphatic carboxylic acids is 1. The van der Waals surface area contributed by atoms with Crippen LogP contribution in [0.4, 0.5) is 13.2 Å². The van der Waals surface area contributed by atoms with Gasteiger partial charge in [0.15, 0.2) is 0 Å². The zero-order chi connectivity index (χ0) is 15.9. The molecular weight excluding hydrogens is 281 g/mol. The first-order valence-electron chi connectivity index (χ1n) is 8.16. The van der Waals surface area contributed by atoms with Crippen LogP contribution >= 0.6 is 0 Å². The lowest BCUT2D eigenvalue weighted by molar-refractivity contribution is -0.145. The van der Waals surface area contributed by atoms with Crippen molar-refractivity contribution >= 4 is 5.97 Å². The minimum absolute atomic E-state index is 0.0119. The molecule has 0 spiro atoms. The van der Waals surface area contributed by atoms with Crippen LogP contribution in [0.2, 0.25) is 0 Å². The van der Waals surface area contributed by atoms with E-state index >= 15 is 0 Å². The van der Waals surface area contributed by atoms with Gasteiger partial charge in [0, 0.05) is 0 Å². The third-order valence-corrected chi connectivity index (χ3v) is 3.67. The predicted octanol–water partition coefficient (Wildman–Crippen LogP) is 5.40. The second-order valence-corrected chi connectivity index (χ2v) is 5.62. The van der Waals surface area contributed by atoms with Crippen molar-refractivity contribution in [2.75, 3.05) is 6.67 Å². The predicted molar refractivity (Wildman–Crippen MR) is 78.8 cm³/mol. The van der Waals surface area contributed by atoms with Crippen molar-refractivity contribution in [1.29, 1.82) is 0 Å². The van der Waals surface area contributed by atoms with E-state index in [-0.39, 0.29) is 13.1 Å². The van der Waals surface area contributed by atoms with Crippen LogP contribution in [0.15, 0.2) is 0 Å². The fourth-order valence-corrected chi connectivity index (χ4v) is 2.33. The Morgan fingerprint density at radius 2 is 1.14 bits per heavy atom. The second kappa shape index (κ2) is 14.2. The number of halogens is 3. The maximum atomic E-state index is 13.1. The number of unbranched alkanes of at least 4 members (excludes halogenated alkanes) is 10. The van der Waals surface area contributed by atoms with Gasteiger partial charge in [-0.05, 0) is 12.8 Å². The van der Waals surface area contributed by atoms with E-state index in [9.17, 15) is 18.0 Å². The van der Waals surface area contributed by atoms with E-state index in [1.807, 2.05) is 0 Å². The fraction of sp³-hybridized carbons (Fsp3) is 0.938. The van der Waals surface area contributed by atoms with Crippen LogP contribution in [-0.4, -0.2) is 30.1 Å². The molecule has 0 fully saturated rings. The number of rotatable bonds is 15. The average molecular weight is 310 g/mol. The molecule has 2 unspecified atom stereocenters. The summed E-state index contributed by atoms with van der Waals surface area (Å²) >= 11 is 0. The lowest BCUT2D eigenvalue weighted by Gasteiger charge is -2.09. The van der Waals surface area contributed by atoms with Crippen molar-refractivity contribution in [3.05, 3.63) is 0 Å². The van der Waals surface area contributed by atoms with E-state index < -0.39 is 18.3 Å². The number of alkyl halides is 3. The quantitative estimate of drug-likeness (QED) is 0.411. The van der Waals surface area contributed by atoms with Crippen molar-refractivity contribution < 1.29 is 23.1 Å². The average Bonchev–Trinajstić information content (AvgIpc) is 2.47. The molecule has 0 amide bonds. The molecule has 0 radical (unpaired) electrons. The summed E-state index contributed by atoms with van der Waals surface area (Å²) in [5.74, 6) is -1.71. The molecule has 126 valence electrons. The molecule has 0 aliphatic rings. The Morgan fingerprint density at radius 3 is 1.52 bits per heavy atom. The molecule has 0 saturated heterocycles. The van der Waals surface area contributed by atoms with Crippen LogP contribution in [0.1, 0.15) is 77.0 Å². The van der Waals surface area contributed by atoms with Gasteiger partial charge in [-0.2, -0.15) is 0 Å². The molecule has 21 heavy (non-hydrogen) atoms. The lowest BCUT2D eigenvalue weighted by Crippen LogP contribution is -2.26. The maximum Gasteiger partial charge on any atom is 0.341 e. The zero-order valence-electron chi connectivity index (χ0n) is 12.8. The smallest absolute Gasteiger partial charge is 0.341 e. The van der Waals surface area contributed by atoms with Gasteiger partial charge in [-0.1, -0.05) is 64.2 Å². The van der Waals surface area contributed by atoms with Crippen molar-refractivity contribution in [2.45, 2.75) is 89.4 Å². The van der Waals surface area contributed by atoms with Crippen LogP contribution in [0, 0.1) is 0 Å². The van der Waals surface area contributed by atoms with Crippen molar-refractivity contribution in [3.8, 4) is 0 Å². The number of carboxylic acid groups (broad SMARTS) is 1. The zero-order valence-corrected chi connectivity index (χ0v) is 12.8. The SMILES string of the molecule is O=C(O)C(F)C(F)CCCCCCCCCCCCCF. The number of carbonyl (C=O) groups is 1. The maximum absolute atomic E-state index is 13.1. The summed E-state index contributed by atoms with van der Waals surface area (Å²) in [6.45, 7) is -0.213. The summed E-state index contributed by atoms with van der Waals surface area (Å²) in [5.41, 5.74) is 0. The molecule has 0 saturated carbocycles. The van der Waals surface area contributed by atoms with Crippen molar-refractivity contribution in [1.82, 2.24) is 0 Å². The summed E-state index contributed by atoms with van der Waals surface area (Å²) < 4.78 is 37.7. The molecule has 0 rings (SSSR count). The third kappa shape index (κ3) is 12.7. The van der Waals surface area contributed by atoms with Crippen LogP contribution in [0.5, 0.6) is 0 Å². The molecular formula is C16H29F3O2. The Labute approximate surface area is 126 Å². The van der Waals surface area contributed by atoms with Gasteiger partial charge in [0.05, 0.1) is 6.67 Å². The summed E-state index contributed by atoms with van der Waals surface area (Å²) in [6, 6.07) is 0. The second-order valence-electron chi connectivity index (χ2n) is 5.62. The largest absolute Gasteiger partial charge is 0.479 e. The van der Waals surface area contributed by atoms with E-state index in [1.54, 1.807) is 0 Å². The van der Waals surface area contributed by atoms with E-state index in [2.05, 4.69) is 0 Å². The van der Waals surface area contributed by atoms with E-state index in [0.29, 0.717) is 12.8 Å².